The molecule has 0 saturated carbocycles. The molecule has 168 valence electrons. The Balaban J connectivity index is 1.40. The number of ether oxygens (including phenoxy) is 1. The summed E-state index contributed by atoms with van der Waals surface area (Å²) in [6, 6.07) is 19.4. The van der Waals surface area contributed by atoms with E-state index in [1.165, 1.54) is 0 Å². The molecule has 0 radical (unpaired) electrons. The number of carbonyl (C=O) groups is 1. The monoisotopic (exact) mass is 449 g/mol. The molecule has 0 saturated heterocycles. The average molecular weight is 450 g/mol. The van der Waals surface area contributed by atoms with Crippen molar-refractivity contribution in [2.75, 3.05) is 7.11 Å². The third kappa shape index (κ3) is 4.36. The molecule has 2 aromatic carbocycles. The minimum atomic E-state index is -0.229. The third-order valence-corrected chi connectivity index (χ3v) is 5.68. The van der Waals surface area contributed by atoms with Crippen LogP contribution in [0.3, 0.4) is 0 Å². The first-order chi connectivity index (χ1) is 16.6. The zero-order chi connectivity index (χ0) is 23.5. The Kier molecular flexibility index (Phi) is 5.74. The predicted molar refractivity (Wildman–Crippen MR) is 131 cm³/mol. The SMILES string of the molecule is COc1ccc(CNC(=O)c2ccc3cncc(-c4ccc(-c5cnn(C)c5)cc4)c3n2)cc1. The normalized spacial score (nSPS) is 10.9. The number of pyridine rings is 2. The van der Waals surface area contributed by atoms with Crippen molar-refractivity contribution in [1.29, 1.82) is 0 Å². The highest BCUT2D eigenvalue weighted by Crippen LogP contribution is 2.29. The number of nitrogens with one attached hydrogen (secondary N) is 1. The number of rotatable bonds is 6. The highest BCUT2D eigenvalue weighted by Gasteiger charge is 2.12. The molecule has 7 nitrogen and oxygen atoms in total. The second-order valence-electron chi connectivity index (χ2n) is 7.97. The first-order valence-corrected chi connectivity index (χ1v) is 10.9. The van der Waals surface area contributed by atoms with Crippen LogP contribution < -0.4 is 10.1 Å². The van der Waals surface area contributed by atoms with Gasteiger partial charge in [0.2, 0.25) is 0 Å². The summed E-state index contributed by atoms with van der Waals surface area (Å²) in [5.41, 5.74) is 6.07. The van der Waals surface area contributed by atoms with E-state index in [1.54, 1.807) is 30.3 Å². The molecule has 0 aliphatic carbocycles. The van der Waals surface area contributed by atoms with Gasteiger partial charge in [0, 0.05) is 48.7 Å². The maximum atomic E-state index is 12.8. The van der Waals surface area contributed by atoms with Crippen molar-refractivity contribution in [2.45, 2.75) is 6.54 Å². The fraction of sp³-hybridized carbons (Fsp3) is 0.111. The number of nitrogens with zero attached hydrogens (tertiary/aromatic N) is 4. The second-order valence-corrected chi connectivity index (χ2v) is 7.97. The first-order valence-electron chi connectivity index (χ1n) is 10.9. The molecule has 34 heavy (non-hydrogen) atoms. The number of amides is 1. The van der Waals surface area contributed by atoms with Gasteiger partial charge in [-0.25, -0.2) is 4.98 Å². The standard InChI is InChI=1S/C27H23N5O2/c1-32-17-22(15-30-32)19-5-7-20(8-6-19)24-16-28-14-21-9-12-25(31-26(21)24)27(33)29-13-18-3-10-23(34-2)11-4-18/h3-12,14-17H,13H2,1-2H3,(H,29,33). The molecule has 3 heterocycles. The van der Waals surface area contributed by atoms with Crippen molar-refractivity contribution in [2.24, 2.45) is 7.05 Å². The van der Waals surface area contributed by atoms with E-state index in [9.17, 15) is 4.79 Å². The molecular weight excluding hydrogens is 426 g/mol. The van der Waals surface area contributed by atoms with E-state index < -0.39 is 0 Å². The molecule has 3 aromatic heterocycles. The summed E-state index contributed by atoms with van der Waals surface area (Å²) >= 11 is 0. The third-order valence-electron chi connectivity index (χ3n) is 5.68. The van der Waals surface area contributed by atoms with Crippen LogP contribution >= 0.6 is 0 Å². The Labute approximate surface area is 197 Å². The summed E-state index contributed by atoms with van der Waals surface area (Å²) < 4.78 is 6.96. The molecule has 0 aliphatic rings. The fourth-order valence-electron chi connectivity index (χ4n) is 3.81. The Morgan fingerprint density at radius 3 is 2.38 bits per heavy atom. The minimum absolute atomic E-state index is 0.229. The van der Waals surface area contributed by atoms with Crippen LogP contribution in [0.15, 0.2) is 85.5 Å². The molecule has 5 rings (SSSR count). The minimum Gasteiger partial charge on any atom is -0.497 e. The molecule has 1 amide bonds. The lowest BCUT2D eigenvalue weighted by molar-refractivity contribution is 0.0946. The van der Waals surface area contributed by atoms with Gasteiger partial charge >= 0.3 is 0 Å². The Morgan fingerprint density at radius 2 is 1.68 bits per heavy atom. The molecule has 0 spiro atoms. The van der Waals surface area contributed by atoms with Crippen molar-refractivity contribution < 1.29 is 9.53 Å². The molecule has 5 aromatic rings. The van der Waals surface area contributed by atoms with Crippen molar-refractivity contribution in [3.63, 3.8) is 0 Å². The fourth-order valence-corrected chi connectivity index (χ4v) is 3.81. The van der Waals surface area contributed by atoms with E-state index in [-0.39, 0.29) is 5.91 Å². The molecule has 1 N–H and O–H groups in total. The molecule has 0 atom stereocenters. The largest absolute Gasteiger partial charge is 0.497 e. The summed E-state index contributed by atoms with van der Waals surface area (Å²) in [5.74, 6) is 0.549. The quantitative estimate of drug-likeness (QED) is 0.409. The second kappa shape index (κ2) is 9.15. The number of fused-ring (bicyclic) bond motifs is 1. The van der Waals surface area contributed by atoms with Crippen molar-refractivity contribution in [1.82, 2.24) is 25.1 Å². The summed E-state index contributed by atoms with van der Waals surface area (Å²) in [4.78, 5) is 21.9. The van der Waals surface area contributed by atoms with Crippen LogP contribution in [0.2, 0.25) is 0 Å². The van der Waals surface area contributed by atoms with E-state index in [1.807, 2.05) is 61.9 Å². The van der Waals surface area contributed by atoms with E-state index in [0.29, 0.717) is 12.2 Å². The lowest BCUT2D eigenvalue weighted by Gasteiger charge is -2.09. The van der Waals surface area contributed by atoms with Gasteiger partial charge in [0.25, 0.3) is 5.91 Å². The smallest absolute Gasteiger partial charge is 0.270 e. The van der Waals surface area contributed by atoms with E-state index in [0.717, 1.165) is 44.5 Å². The highest BCUT2D eigenvalue weighted by atomic mass is 16.5. The van der Waals surface area contributed by atoms with E-state index >= 15 is 0 Å². The number of carbonyl (C=O) groups excluding carboxylic acids is 1. The number of hydrogen-bond acceptors (Lipinski definition) is 5. The number of hydrogen-bond donors (Lipinski definition) is 1. The Bertz CT molecular complexity index is 1460. The van der Waals surface area contributed by atoms with Gasteiger partial charge in [-0.1, -0.05) is 36.4 Å². The van der Waals surface area contributed by atoms with Crippen LogP contribution in [0.4, 0.5) is 0 Å². The maximum absolute atomic E-state index is 12.8. The van der Waals surface area contributed by atoms with E-state index in [2.05, 4.69) is 32.5 Å². The Morgan fingerprint density at radius 1 is 0.912 bits per heavy atom. The number of aryl methyl sites for hydroxylation is 1. The molecule has 0 unspecified atom stereocenters. The highest BCUT2D eigenvalue weighted by molar-refractivity contribution is 5.98. The number of methoxy groups -OCH3 is 1. The van der Waals surface area contributed by atoms with Crippen LogP contribution in [0.25, 0.3) is 33.2 Å². The van der Waals surface area contributed by atoms with Gasteiger partial charge < -0.3 is 10.1 Å². The van der Waals surface area contributed by atoms with Crippen LogP contribution in [0.5, 0.6) is 5.75 Å². The van der Waals surface area contributed by atoms with Gasteiger partial charge in [-0.05, 0) is 41.0 Å². The summed E-state index contributed by atoms with van der Waals surface area (Å²) in [6.45, 7) is 0.404. The average Bonchev–Trinajstić information content (AvgIpc) is 3.33. The Hall–Kier alpha value is -4.52. The van der Waals surface area contributed by atoms with Gasteiger partial charge in [-0.15, -0.1) is 0 Å². The molecular formula is C27H23N5O2. The van der Waals surface area contributed by atoms with Crippen LogP contribution in [0, 0.1) is 0 Å². The van der Waals surface area contributed by atoms with Crippen molar-refractivity contribution >= 4 is 16.8 Å². The van der Waals surface area contributed by atoms with Gasteiger partial charge in [0.05, 0.1) is 18.8 Å². The lowest BCUT2D eigenvalue weighted by atomic mass is 10.0. The molecule has 0 fully saturated rings. The topological polar surface area (TPSA) is 81.9 Å². The van der Waals surface area contributed by atoms with Crippen LogP contribution in [-0.4, -0.2) is 32.8 Å². The lowest BCUT2D eigenvalue weighted by Crippen LogP contribution is -2.23. The molecule has 0 bridgehead atoms. The zero-order valence-electron chi connectivity index (χ0n) is 18.9. The van der Waals surface area contributed by atoms with Crippen LogP contribution in [-0.2, 0) is 13.6 Å². The maximum Gasteiger partial charge on any atom is 0.270 e. The predicted octanol–water partition coefficient (Wildman–Crippen LogP) is 4.64. The molecule has 7 heteroatoms. The zero-order valence-corrected chi connectivity index (χ0v) is 18.9. The number of benzene rings is 2. The summed E-state index contributed by atoms with van der Waals surface area (Å²) in [5, 5.41) is 8.05. The molecule has 0 aliphatic heterocycles. The van der Waals surface area contributed by atoms with Gasteiger partial charge in [-0.3, -0.25) is 14.5 Å². The first kappa shape index (κ1) is 21.3. The summed E-state index contributed by atoms with van der Waals surface area (Å²) in [7, 11) is 3.52. The van der Waals surface area contributed by atoms with E-state index in [4.69, 9.17) is 4.74 Å². The van der Waals surface area contributed by atoms with Crippen molar-refractivity contribution in [3.8, 4) is 28.0 Å². The number of aromatic nitrogens is 4. The van der Waals surface area contributed by atoms with Crippen molar-refractivity contribution in [3.05, 3.63) is 96.7 Å². The van der Waals surface area contributed by atoms with Gasteiger partial charge in [0.1, 0.15) is 11.4 Å². The van der Waals surface area contributed by atoms with Gasteiger partial charge in [-0.2, -0.15) is 5.10 Å². The van der Waals surface area contributed by atoms with Crippen LogP contribution in [0.1, 0.15) is 16.1 Å². The summed E-state index contributed by atoms with van der Waals surface area (Å²) in [6.07, 6.45) is 7.36. The van der Waals surface area contributed by atoms with Gasteiger partial charge in [0.15, 0.2) is 0 Å².